The molecule has 0 spiro atoms. The van der Waals surface area contributed by atoms with Crippen LogP contribution in [0.2, 0.25) is 0 Å². The van der Waals surface area contributed by atoms with E-state index in [1.807, 2.05) is 0 Å². The molecule has 0 aromatic rings. The molecule has 0 amide bonds. The van der Waals surface area contributed by atoms with E-state index in [-0.39, 0.29) is 0 Å². The van der Waals surface area contributed by atoms with Crippen molar-refractivity contribution in [1.29, 1.82) is 0 Å². The Morgan fingerprint density at radius 1 is 1.46 bits per heavy atom. The molecule has 1 heteroatoms. The molecule has 1 nitrogen and oxygen atoms in total. The maximum absolute atomic E-state index is 3.74. The van der Waals surface area contributed by atoms with Gasteiger partial charge < -0.3 is 5.32 Å². The second-order valence-corrected chi connectivity index (χ2v) is 4.52. The summed E-state index contributed by atoms with van der Waals surface area (Å²) in [4.78, 5) is 0. The molecule has 74 valence electrons. The highest BCUT2D eigenvalue weighted by Crippen LogP contribution is 2.35. The van der Waals surface area contributed by atoms with E-state index in [9.17, 15) is 0 Å². The molecule has 0 aromatic carbocycles. The van der Waals surface area contributed by atoms with E-state index >= 15 is 0 Å². The molecule has 3 unspecified atom stereocenters. The van der Waals surface area contributed by atoms with Crippen LogP contribution in [0.4, 0.5) is 0 Å². The predicted molar refractivity (Wildman–Crippen MR) is 56.7 cm³/mol. The van der Waals surface area contributed by atoms with Crippen LogP contribution < -0.4 is 5.32 Å². The van der Waals surface area contributed by atoms with Crippen molar-refractivity contribution in [3.8, 4) is 0 Å². The van der Waals surface area contributed by atoms with E-state index < -0.39 is 0 Å². The topological polar surface area (TPSA) is 12.0 Å². The van der Waals surface area contributed by atoms with Crippen LogP contribution in [-0.4, -0.2) is 12.1 Å². The highest BCUT2D eigenvalue weighted by Gasteiger charge is 2.36. The summed E-state index contributed by atoms with van der Waals surface area (Å²) in [7, 11) is 0. The van der Waals surface area contributed by atoms with Gasteiger partial charge in [-0.25, -0.2) is 0 Å². The van der Waals surface area contributed by atoms with Crippen molar-refractivity contribution in [2.75, 3.05) is 0 Å². The first kappa shape index (κ1) is 9.26. The Hall–Kier alpha value is -0.300. The lowest BCUT2D eigenvalue weighted by atomic mass is 10.0. The second-order valence-electron chi connectivity index (χ2n) is 4.52. The van der Waals surface area contributed by atoms with Crippen LogP contribution in [0, 0.1) is 5.92 Å². The number of rotatable bonds is 4. The number of allylic oxidation sites excluding steroid dienone is 1. The minimum Gasteiger partial charge on any atom is -0.307 e. The Bertz CT molecular complexity index is 186. The maximum Gasteiger partial charge on any atom is 0.0252 e. The predicted octanol–water partition coefficient (Wildman–Crippen LogP) is 2.87. The summed E-state index contributed by atoms with van der Waals surface area (Å²) >= 11 is 0. The molecule has 1 saturated carbocycles. The van der Waals surface area contributed by atoms with Gasteiger partial charge in [0.2, 0.25) is 0 Å². The molecule has 2 aliphatic carbocycles. The van der Waals surface area contributed by atoms with E-state index in [2.05, 4.69) is 24.4 Å². The third-order valence-corrected chi connectivity index (χ3v) is 3.26. The van der Waals surface area contributed by atoms with Crippen LogP contribution in [0.5, 0.6) is 0 Å². The highest BCUT2D eigenvalue weighted by atomic mass is 15.0. The molecular weight excluding hydrogens is 158 g/mol. The summed E-state index contributed by atoms with van der Waals surface area (Å²) in [6.45, 7) is 2.29. The van der Waals surface area contributed by atoms with Crippen LogP contribution >= 0.6 is 0 Å². The molecule has 0 aliphatic heterocycles. The van der Waals surface area contributed by atoms with E-state index in [1.54, 1.807) is 0 Å². The smallest absolute Gasteiger partial charge is 0.0252 e. The lowest BCUT2D eigenvalue weighted by molar-refractivity contribution is 0.496. The van der Waals surface area contributed by atoms with E-state index in [4.69, 9.17) is 0 Å². The van der Waals surface area contributed by atoms with Gasteiger partial charge in [-0.1, -0.05) is 25.5 Å². The summed E-state index contributed by atoms with van der Waals surface area (Å²) in [6.07, 6.45) is 12.9. The van der Waals surface area contributed by atoms with Crippen LogP contribution in [-0.2, 0) is 0 Å². The molecule has 0 radical (unpaired) electrons. The largest absolute Gasteiger partial charge is 0.307 e. The molecule has 2 aliphatic rings. The minimum atomic E-state index is 0.695. The normalized spacial score (nSPS) is 37.8. The molecule has 0 saturated heterocycles. The van der Waals surface area contributed by atoms with E-state index in [1.165, 1.54) is 38.5 Å². The Morgan fingerprint density at radius 2 is 2.38 bits per heavy atom. The van der Waals surface area contributed by atoms with Crippen molar-refractivity contribution in [3.05, 3.63) is 12.2 Å². The van der Waals surface area contributed by atoms with Gasteiger partial charge in [0.25, 0.3) is 0 Å². The first-order chi connectivity index (χ1) is 6.40. The fraction of sp³-hybridized carbons (Fsp3) is 0.833. The first-order valence-electron chi connectivity index (χ1n) is 5.83. The number of hydrogen-bond acceptors (Lipinski definition) is 1. The average Bonchev–Trinajstić information content (AvgIpc) is 2.86. The summed E-state index contributed by atoms with van der Waals surface area (Å²) in [5.74, 6) is 1.00. The zero-order valence-electron chi connectivity index (χ0n) is 8.63. The van der Waals surface area contributed by atoms with Gasteiger partial charge in [-0.05, 0) is 38.0 Å². The Morgan fingerprint density at radius 3 is 3.08 bits per heavy atom. The van der Waals surface area contributed by atoms with Crippen molar-refractivity contribution in [2.45, 2.75) is 57.5 Å². The minimum absolute atomic E-state index is 0.695. The summed E-state index contributed by atoms with van der Waals surface area (Å²) in [5.41, 5.74) is 0. The second kappa shape index (κ2) is 4.28. The molecule has 3 atom stereocenters. The van der Waals surface area contributed by atoms with Gasteiger partial charge in [0.05, 0.1) is 0 Å². The molecule has 1 N–H and O–H groups in total. The first-order valence-corrected chi connectivity index (χ1v) is 5.83. The zero-order valence-corrected chi connectivity index (χ0v) is 8.63. The van der Waals surface area contributed by atoms with Gasteiger partial charge in [0.15, 0.2) is 0 Å². The molecule has 1 fully saturated rings. The summed E-state index contributed by atoms with van der Waals surface area (Å²) in [6, 6.07) is 1.55. The van der Waals surface area contributed by atoms with Gasteiger partial charge in [-0.3, -0.25) is 0 Å². The van der Waals surface area contributed by atoms with Gasteiger partial charge in [0.1, 0.15) is 0 Å². The standard InChI is InChI=1S/C12H21N/c1-2-6-10-9-12(10)13-11-7-4-3-5-8-11/h4,7,10-13H,2-3,5-6,8-9H2,1H3. The third kappa shape index (κ3) is 2.57. The van der Waals surface area contributed by atoms with Crippen molar-refractivity contribution in [3.63, 3.8) is 0 Å². The molecule has 0 aromatic heterocycles. The SMILES string of the molecule is CCCC1CC1NC1C=CCCC1. The molecule has 2 rings (SSSR count). The van der Waals surface area contributed by atoms with Crippen LogP contribution in [0.25, 0.3) is 0 Å². The summed E-state index contributed by atoms with van der Waals surface area (Å²) < 4.78 is 0. The Labute approximate surface area is 81.6 Å². The maximum atomic E-state index is 3.74. The van der Waals surface area contributed by atoms with Gasteiger partial charge >= 0.3 is 0 Å². The number of hydrogen-bond donors (Lipinski definition) is 1. The van der Waals surface area contributed by atoms with Gasteiger partial charge in [-0.15, -0.1) is 0 Å². The van der Waals surface area contributed by atoms with Crippen LogP contribution in [0.1, 0.15) is 45.4 Å². The lowest BCUT2D eigenvalue weighted by Crippen LogP contribution is -2.31. The Balaban J connectivity index is 1.68. The molecule has 0 bridgehead atoms. The van der Waals surface area contributed by atoms with Crippen molar-refractivity contribution >= 4 is 0 Å². The average molecular weight is 179 g/mol. The summed E-state index contributed by atoms with van der Waals surface area (Å²) in [5, 5.41) is 3.74. The van der Waals surface area contributed by atoms with E-state index in [0.717, 1.165) is 12.0 Å². The third-order valence-electron chi connectivity index (χ3n) is 3.26. The van der Waals surface area contributed by atoms with Gasteiger partial charge in [-0.2, -0.15) is 0 Å². The van der Waals surface area contributed by atoms with Gasteiger partial charge in [0, 0.05) is 12.1 Å². The van der Waals surface area contributed by atoms with Crippen molar-refractivity contribution in [1.82, 2.24) is 5.32 Å². The molecule has 13 heavy (non-hydrogen) atoms. The monoisotopic (exact) mass is 179 g/mol. The number of nitrogens with one attached hydrogen (secondary N) is 1. The molecule has 0 heterocycles. The van der Waals surface area contributed by atoms with Crippen molar-refractivity contribution < 1.29 is 0 Å². The Kier molecular flexibility index (Phi) is 3.05. The van der Waals surface area contributed by atoms with E-state index in [0.29, 0.717) is 6.04 Å². The van der Waals surface area contributed by atoms with Crippen LogP contribution in [0.3, 0.4) is 0 Å². The van der Waals surface area contributed by atoms with Crippen LogP contribution in [0.15, 0.2) is 12.2 Å². The fourth-order valence-electron chi connectivity index (χ4n) is 2.37. The van der Waals surface area contributed by atoms with Crippen molar-refractivity contribution in [2.24, 2.45) is 5.92 Å². The highest BCUT2D eigenvalue weighted by molar-refractivity contribution is 5.03. The zero-order chi connectivity index (χ0) is 9.10. The molecular formula is C12H21N. The lowest BCUT2D eigenvalue weighted by Gasteiger charge is -2.17. The quantitative estimate of drug-likeness (QED) is 0.654. The fourth-order valence-corrected chi connectivity index (χ4v) is 2.37.